The Balaban J connectivity index is 1.99. The van der Waals surface area contributed by atoms with Crippen LogP contribution in [0, 0.1) is 0 Å². The molecule has 3 nitrogen and oxygen atoms in total. The van der Waals surface area contributed by atoms with Gasteiger partial charge in [0.1, 0.15) is 6.61 Å². The summed E-state index contributed by atoms with van der Waals surface area (Å²) in [6, 6.07) is 5.68. The van der Waals surface area contributed by atoms with Crippen molar-refractivity contribution in [2.24, 2.45) is 0 Å². The summed E-state index contributed by atoms with van der Waals surface area (Å²) in [6.07, 6.45) is -3.89. The van der Waals surface area contributed by atoms with Crippen LogP contribution >= 0.6 is 0 Å². The number of hydrogen-bond donors (Lipinski definition) is 0. The Kier molecular flexibility index (Phi) is 3.42. The van der Waals surface area contributed by atoms with Gasteiger partial charge in [-0.1, -0.05) is 12.1 Å². The van der Waals surface area contributed by atoms with Gasteiger partial charge in [-0.15, -0.1) is 13.2 Å². The highest BCUT2D eigenvalue weighted by atomic mass is 19.4. The average Bonchev–Trinajstić information content (AvgIpc) is 2.16. The summed E-state index contributed by atoms with van der Waals surface area (Å²) in [5, 5.41) is 0. The third kappa shape index (κ3) is 3.52. The lowest BCUT2D eigenvalue weighted by atomic mass is 10.2. The maximum absolute atomic E-state index is 12.1. The van der Waals surface area contributed by atoms with Crippen LogP contribution in [0.3, 0.4) is 0 Å². The van der Waals surface area contributed by atoms with E-state index in [1.807, 2.05) is 0 Å². The lowest BCUT2D eigenvalue weighted by Crippen LogP contribution is -2.32. The van der Waals surface area contributed by atoms with Crippen LogP contribution in [0.15, 0.2) is 24.3 Å². The van der Waals surface area contributed by atoms with Crippen molar-refractivity contribution >= 4 is 0 Å². The van der Waals surface area contributed by atoms with Gasteiger partial charge in [0.25, 0.3) is 0 Å². The number of rotatable bonds is 4. The first-order valence-electron chi connectivity index (χ1n) is 5.14. The molecule has 1 atom stereocenters. The fraction of sp³-hybridized carbons (Fsp3) is 0.455. The van der Waals surface area contributed by atoms with Crippen molar-refractivity contribution in [1.82, 2.24) is 0 Å². The van der Waals surface area contributed by atoms with Gasteiger partial charge in [0.15, 0.2) is 11.5 Å². The van der Waals surface area contributed by atoms with Crippen molar-refractivity contribution in [2.75, 3.05) is 13.2 Å². The van der Waals surface area contributed by atoms with Crippen LogP contribution in [0.2, 0.25) is 0 Å². The van der Waals surface area contributed by atoms with Crippen LogP contribution in [0.4, 0.5) is 13.2 Å². The first-order chi connectivity index (χ1) is 8.04. The Hall–Kier alpha value is -1.43. The van der Waals surface area contributed by atoms with Crippen LogP contribution in [-0.2, 0) is 4.74 Å². The minimum atomic E-state index is -4.72. The summed E-state index contributed by atoms with van der Waals surface area (Å²) in [7, 11) is 0. The van der Waals surface area contributed by atoms with Crippen molar-refractivity contribution in [1.29, 1.82) is 0 Å². The molecule has 0 saturated carbocycles. The van der Waals surface area contributed by atoms with E-state index < -0.39 is 6.36 Å². The van der Waals surface area contributed by atoms with Gasteiger partial charge in [-0.25, -0.2) is 0 Å². The van der Waals surface area contributed by atoms with Gasteiger partial charge in [-0.3, -0.25) is 0 Å². The van der Waals surface area contributed by atoms with Gasteiger partial charge in [0.05, 0.1) is 6.10 Å². The summed E-state index contributed by atoms with van der Waals surface area (Å²) >= 11 is 0. The third-order valence-corrected chi connectivity index (χ3v) is 2.29. The predicted molar refractivity (Wildman–Crippen MR) is 53.0 cm³/mol. The van der Waals surface area contributed by atoms with Crippen molar-refractivity contribution in [3.63, 3.8) is 0 Å². The highest BCUT2D eigenvalue weighted by Gasteiger charge is 2.32. The van der Waals surface area contributed by atoms with Gasteiger partial charge in [0, 0.05) is 13.0 Å². The molecule has 0 bridgehead atoms. The highest BCUT2D eigenvalue weighted by molar-refractivity contribution is 5.39. The zero-order valence-electron chi connectivity index (χ0n) is 8.87. The summed E-state index contributed by atoms with van der Waals surface area (Å²) in [6.45, 7) is 0.910. The summed E-state index contributed by atoms with van der Waals surface area (Å²) < 4.78 is 50.5. The molecule has 1 fully saturated rings. The van der Waals surface area contributed by atoms with Crippen molar-refractivity contribution < 1.29 is 27.4 Å². The minimum absolute atomic E-state index is 0.0334. The van der Waals surface area contributed by atoms with Gasteiger partial charge in [-0.05, 0) is 12.1 Å². The van der Waals surface area contributed by atoms with E-state index in [0.29, 0.717) is 6.61 Å². The standard InChI is InChI=1S/C11H11F3O3/c12-11(13,14)17-10-4-2-1-3-9(10)16-7-8-5-6-15-8/h1-4,8H,5-7H2. The molecule has 1 aliphatic heterocycles. The minimum Gasteiger partial charge on any atom is -0.487 e. The molecule has 0 spiro atoms. The molecular formula is C11H11F3O3. The second kappa shape index (κ2) is 4.83. The van der Waals surface area contributed by atoms with Gasteiger partial charge < -0.3 is 14.2 Å². The van der Waals surface area contributed by atoms with Crippen molar-refractivity contribution in [2.45, 2.75) is 18.9 Å². The Bertz CT molecular complexity index is 374. The zero-order valence-corrected chi connectivity index (χ0v) is 8.87. The zero-order chi connectivity index (χ0) is 12.3. The maximum atomic E-state index is 12.1. The first kappa shape index (κ1) is 12.0. The van der Waals surface area contributed by atoms with Gasteiger partial charge in [-0.2, -0.15) is 0 Å². The number of ether oxygens (including phenoxy) is 3. The molecule has 1 aromatic carbocycles. The van der Waals surface area contributed by atoms with Crippen LogP contribution < -0.4 is 9.47 Å². The third-order valence-electron chi connectivity index (χ3n) is 2.29. The van der Waals surface area contributed by atoms with E-state index >= 15 is 0 Å². The first-order valence-corrected chi connectivity index (χ1v) is 5.14. The van der Waals surface area contributed by atoms with Crippen LogP contribution in [0.25, 0.3) is 0 Å². The largest absolute Gasteiger partial charge is 0.573 e. The van der Waals surface area contributed by atoms with E-state index in [1.165, 1.54) is 18.2 Å². The fourth-order valence-corrected chi connectivity index (χ4v) is 1.38. The molecule has 1 unspecified atom stereocenters. The van der Waals surface area contributed by atoms with E-state index in [0.717, 1.165) is 6.42 Å². The highest BCUT2D eigenvalue weighted by Crippen LogP contribution is 2.32. The molecule has 0 amide bonds. The summed E-state index contributed by atoms with van der Waals surface area (Å²) in [5.74, 6) is -0.264. The van der Waals surface area contributed by atoms with Crippen molar-refractivity contribution in [3.8, 4) is 11.5 Å². The second-order valence-electron chi connectivity index (χ2n) is 3.59. The Labute approximate surface area is 96.1 Å². The summed E-state index contributed by atoms with van der Waals surface area (Å²) in [4.78, 5) is 0. The second-order valence-corrected chi connectivity index (χ2v) is 3.59. The van der Waals surface area contributed by atoms with Crippen LogP contribution in [0.5, 0.6) is 11.5 Å². The normalized spacial score (nSPS) is 19.6. The van der Waals surface area contributed by atoms with E-state index in [-0.39, 0.29) is 24.2 Å². The molecule has 1 saturated heterocycles. The van der Waals surface area contributed by atoms with Crippen LogP contribution in [0.1, 0.15) is 6.42 Å². The van der Waals surface area contributed by atoms with E-state index in [9.17, 15) is 13.2 Å². The molecular weight excluding hydrogens is 237 g/mol. The summed E-state index contributed by atoms with van der Waals surface area (Å²) in [5.41, 5.74) is 0. The predicted octanol–water partition coefficient (Wildman–Crippen LogP) is 2.75. The molecule has 1 aliphatic rings. The molecule has 17 heavy (non-hydrogen) atoms. The van der Waals surface area contributed by atoms with Crippen molar-refractivity contribution in [3.05, 3.63) is 24.3 Å². The monoisotopic (exact) mass is 248 g/mol. The van der Waals surface area contributed by atoms with Crippen LogP contribution in [-0.4, -0.2) is 25.7 Å². The fourth-order valence-electron chi connectivity index (χ4n) is 1.38. The lowest BCUT2D eigenvalue weighted by molar-refractivity contribution is -0.275. The molecule has 1 aromatic rings. The topological polar surface area (TPSA) is 27.7 Å². The molecule has 0 radical (unpaired) electrons. The molecule has 1 heterocycles. The molecule has 94 valence electrons. The number of para-hydroxylation sites is 2. The SMILES string of the molecule is FC(F)(F)Oc1ccccc1OCC1CCO1. The van der Waals surface area contributed by atoms with Gasteiger partial charge >= 0.3 is 6.36 Å². The van der Waals surface area contributed by atoms with E-state index in [1.54, 1.807) is 6.07 Å². The molecule has 0 aliphatic carbocycles. The number of hydrogen-bond acceptors (Lipinski definition) is 3. The number of alkyl halides is 3. The quantitative estimate of drug-likeness (QED) is 0.820. The average molecular weight is 248 g/mol. The van der Waals surface area contributed by atoms with E-state index in [2.05, 4.69) is 4.74 Å². The smallest absolute Gasteiger partial charge is 0.487 e. The lowest BCUT2D eigenvalue weighted by Gasteiger charge is -2.26. The molecule has 0 aromatic heterocycles. The Morgan fingerprint density at radius 3 is 2.41 bits per heavy atom. The Morgan fingerprint density at radius 2 is 1.88 bits per heavy atom. The number of halogens is 3. The maximum Gasteiger partial charge on any atom is 0.573 e. The molecule has 6 heteroatoms. The van der Waals surface area contributed by atoms with E-state index in [4.69, 9.17) is 9.47 Å². The Morgan fingerprint density at radius 1 is 1.24 bits per heavy atom. The van der Waals surface area contributed by atoms with Gasteiger partial charge in [0.2, 0.25) is 0 Å². The molecule has 2 rings (SSSR count). The molecule has 0 N–H and O–H groups in total. The number of benzene rings is 1.